The standard InChI is InChI=1S/C17H28N2O/c1-12(2)19-6-5-15(11-19)9-18-10-16-7-13(3)17(20)14(4)8-16/h7-8,12,15,18,20H,5-6,9-11H2,1-4H3. The maximum Gasteiger partial charge on any atom is 0.121 e. The summed E-state index contributed by atoms with van der Waals surface area (Å²) in [5, 5.41) is 13.4. The molecule has 1 heterocycles. The van der Waals surface area contributed by atoms with Gasteiger partial charge in [-0.1, -0.05) is 12.1 Å². The maximum absolute atomic E-state index is 9.78. The number of nitrogens with one attached hydrogen (secondary N) is 1. The summed E-state index contributed by atoms with van der Waals surface area (Å²) in [6.07, 6.45) is 1.30. The molecule has 1 aromatic rings. The zero-order chi connectivity index (χ0) is 14.7. The van der Waals surface area contributed by atoms with E-state index in [0.717, 1.165) is 30.1 Å². The number of hydrogen-bond acceptors (Lipinski definition) is 3. The minimum absolute atomic E-state index is 0.428. The molecule has 1 aliphatic heterocycles. The number of aryl methyl sites for hydroxylation is 2. The van der Waals surface area contributed by atoms with Gasteiger partial charge in [-0.2, -0.15) is 0 Å². The van der Waals surface area contributed by atoms with Gasteiger partial charge in [-0.05, 0) is 69.8 Å². The Morgan fingerprint density at radius 1 is 1.30 bits per heavy atom. The van der Waals surface area contributed by atoms with E-state index in [0.29, 0.717) is 11.8 Å². The van der Waals surface area contributed by atoms with Gasteiger partial charge in [-0.3, -0.25) is 0 Å². The number of phenols is 1. The van der Waals surface area contributed by atoms with Crippen LogP contribution in [0.1, 0.15) is 37.0 Å². The normalized spacial score (nSPS) is 19.9. The summed E-state index contributed by atoms with van der Waals surface area (Å²) in [4.78, 5) is 2.56. The molecule has 0 bridgehead atoms. The van der Waals surface area contributed by atoms with Crippen molar-refractivity contribution >= 4 is 0 Å². The monoisotopic (exact) mass is 276 g/mol. The fourth-order valence-corrected chi connectivity index (χ4v) is 3.07. The first-order chi connectivity index (χ1) is 9.47. The van der Waals surface area contributed by atoms with Crippen LogP contribution in [0.15, 0.2) is 12.1 Å². The second kappa shape index (κ2) is 6.59. The van der Waals surface area contributed by atoms with Crippen molar-refractivity contribution in [2.24, 2.45) is 5.92 Å². The number of nitrogens with zero attached hydrogens (tertiary/aromatic N) is 1. The molecule has 0 saturated carbocycles. The van der Waals surface area contributed by atoms with Gasteiger partial charge >= 0.3 is 0 Å². The Kier molecular flexibility index (Phi) is 5.06. The predicted molar refractivity (Wildman–Crippen MR) is 84.1 cm³/mol. The van der Waals surface area contributed by atoms with Gasteiger partial charge in [0, 0.05) is 19.1 Å². The highest BCUT2D eigenvalue weighted by molar-refractivity contribution is 5.42. The molecule has 0 amide bonds. The zero-order valence-electron chi connectivity index (χ0n) is 13.2. The number of phenolic OH excluding ortho intramolecular Hbond substituents is 1. The van der Waals surface area contributed by atoms with E-state index in [2.05, 4.69) is 36.2 Å². The molecule has 1 unspecified atom stereocenters. The average Bonchev–Trinajstić information content (AvgIpc) is 2.85. The van der Waals surface area contributed by atoms with Crippen LogP contribution in [0.25, 0.3) is 0 Å². The summed E-state index contributed by atoms with van der Waals surface area (Å²) in [6, 6.07) is 4.82. The molecule has 1 saturated heterocycles. The lowest BCUT2D eigenvalue weighted by Crippen LogP contribution is -2.30. The summed E-state index contributed by atoms with van der Waals surface area (Å²) in [5.74, 6) is 1.20. The smallest absolute Gasteiger partial charge is 0.121 e. The van der Waals surface area contributed by atoms with Gasteiger partial charge in [0.15, 0.2) is 0 Å². The molecule has 3 heteroatoms. The molecule has 3 nitrogen and oxygen atoms in total. The number of rotatable bonds is 5. The van der Waals surface area contributed by atoms with Gasteiger partial charge in [0.25, 0.3) is 0 Å². The van der Waals surface area contributed by atoms with E-state index >= 15 is 0 Å². The van der Waals surface area contributed by atoms with Gasteiger partial charge < -0.3 is 15.3 Å². The third kappa shape index (κ3) is 3.74. The summed E-state index contributed by atoms with van der Waals surface area (Å²) in [5.41, 5.74) is 3.19. The molecule has 1 aromatic carbocycles. The highest BCUT2D eigenvalue weighted by Gasteiger charge is 2.23. The highest BCUT2D eigenvalue weighted by atomic mass is 16.3. The Balaban J connectivity index is 1.79. The lowest BCUT2D eigenvalue weighted by molar-refractivity contribution is 0.264. The van der Waals surface area contributed by atoms with Crippen molar-refractivity contribution < 1.29 is 5.11 Å². The first kappa shape index (κ1) is 15.3. The van der Waals surface area contributed by atoms with Crippen molar-refractivity contribution in [3.05, 3.63) is 28.8 Å². The quantitative estimate of drug-likeness (QED) is 0.868. The summed E-state index contributed by atoms with van der Waals surface area (Å²) >= 11 is 0. The van der Waals surface area contributed by atoms with Crippen LogP contribution in [0, 0.1) is 19.8 Å². The van der Waals surface area contributed by atoms with Gasteiger partial charge in [0.1, 0.15) is 5.75 Å². The minimum atomic E-state index is 0.428. The van der Waals surface area contributed by atoms with E-state index in [-0.39, 0.29) is 0 Å². The second-order valence-electron chi connectivity index (χ2n) is 6.45. The summed E-state index contributed by atoms with van der Waals surface area (Å²) < 4.78 is 0. The molecule has 20 heavy (non-hydrogen) atoms. The molecule has 1 aliphatic rings. The number of likely N-dealkylation sites (tertiary alicyclic amines) is 1. The molecular formula is C17H28N2O. The van der Waals surface area contributed by atoms with E-state index in [1.54, 1.807) is 0 Å². The first-order valence-corrected chi connectivity index (χ1v) is 7.71. The minimum Gasteiger partial charge on any atom is -0.507 e. The predicted octanol–water partition coefficient (Wildman–Crippen LogP) is 2.83. The molecule has 0 aliphatic carbocycles. The van der Waals surface area contributed by atoms with Crippen LogP contribution in [0.5, 0.6) is 5.75 Å². The van der Waals surface area contributed by atoms with Crippen molar-refractivity contribution in [3.8, 4) is 5.75 Å². The Labute approximate surface area is 123 Å². The number of aromatic hydroxyl groups is 1. The van der Waals surface area contributed by atoms with Crippen molar-refractivity contribution in [1.82, 2.24) is 10.2 Å². The molecule has 112 valence electrons. The van der Waals surface area contributed by atoms with Crippen LogP contribution < -0.4 is 5.32 Å². The van der Waals surface area contributed by atoms with Gasteiger partial charge in [0.2, 0.25) is 0 Å². The largest absolute Gasteiger partial charge is 0.507 e. The van der Waals surface area contributed by atoms with Crippen molar-refractivity contribution in [2.45, 2.75) is 46.7 Å². The Morgan fingerprint density at radius 3 is 2.50 bits per heavy atom. The fraction of sp³-hybridized carbons (Fsp3) is 0.647. The van der Waals surface area contributed by atoms with E-state index in [1.807, 2.05) is 13.8 Å². The summed E-state index contributed by atoms with van der Waals surface area (Å²) in [6.45, 7) is 12.9. The highest BCUT2D eigenvalue weighted by Crippen LogP contribution is 2.23. The molecule has 0 aromatic heterocycles. The van der Waals surface area contributed by atoms with Gasteiger partial charge in [-0.25, -0.2) is 0 Å². The topological polar surface area (TPSA) is 35.5 Å². The number of benzene rings is 1. The van der Waals surface area contributed by atoms with Crippen molar-refractivity contribution in [3.63, 3.8) is 0 Å². The van der Waals surface area contributed by atoms with Crippen LogP contribution in [-0.2, 0) is 6.54 Å². The van der Waals surface area contributed by atoms with Crippen molar-refractivity contribution in [2.75, 3.05) is 19.6 Å². The third-order valence-electron chi connectivity index (χ3n) is 4.36. The average molecular weight is 276 g/mol. The molecule has 0 radical (unpaired) electrons. The van der Waals surface area contributed by atoms with Gasteiger partial charge in [0.05, 0.1) is 0 Å². The first-order valence-electron chi connectivity index (χ1n) is 7.71. The van der Waals surface area contributed by atoms with Crippen LogP contribution in [-0.4, -0.2) is 35.7 Å². The zero-order valence-corrected chi connectivity index (χ0v) is 13.2. The van der Waals surface area contributed by atoms with E-state index in [4.69, 9.17) is 0 Å². The fourth-order valence-electron chi connectivity index (χ4n) is 3.07. The Hall–Kier alpha value is -1.06. The molecule has 2 rings (SSSR count). The SMILES string of the molecule is Cc1cc(CNCC2CCN(C(C)C)C2)cc(C)c1O. The van der Waals surface area contributed by atoms with Crippen LogP contribution in [0.2, 0.25) is 0 Å². The van der Waals surface area contributed by atoms with Crippen LogP contribution >= 0.6 is 0 Å². The second-order valence-corrected chi connectivity index (χ2v) is 6.45. The lowest BCUT2D eigenvalue weighted by Gasteiger charge is -2.20. The molecular weight excluding hydrogens is 248 g/mol. The third-order valence-corrected chi connectivity index (χ3v) is 4.36. The lowest BCUT2D eigenvalue weighted by atomic mass is 10.1. The van der Waals surface area contributed by atoms with E-state index in [9.17, 15) is 5.11 Å². The molecule has 2 N–H and O–H groups in total. The summed E-state index contributed by atoms with van der Waals surface area (Å²) in [7, 11) is 0. The van der Waals surface area contributed by atoms with E-state index in [1.165, 1.54) is 25.1 Å². The van der Waals surface area contributed by atoms with Crippen molar-refractivity contribution in [1.29, 1.82) is 0 Å². The molecule has 1 atom stereocenters. The van der Waals surface area contributed by atoms with Crippen LogP contribution in [0.3, 0.4) is 0 Å². The van der Waals surface area contributed by atoms with Gasteiger partial charge in [-0.15, -0.1) is 0 Å². The molecule has 0 spiro atoms. The van der Waals surface area contributed by atoms with E-state index < -0.39 is 0 Å². The Bertz CT molecular complexity index is 433. The Morgan fingerprint density at radius 2 is 1.95 bits per heavy atom. The maximum atomic E-state index is 9.78. The van der Waals surface area contributed by atoms with Crippen LogP contribution in [0.4, 0.5) is 0 Å². The molecule has 1 fully saturated rings. The number of hydrogen-bond donors (Lipinski definition) is 2.